The standard InChI is InChI=1S/C15H25N3OS/c1-15(2,13-4-3-9-20-13)11-17-14(19)10-18-7-5-12(16)6-8-18/h3-4,9,12H,5-8,10-11,16H2,1-2H3,(H,17,19). The van der Waals surface area contributed by atoms with E-state index < -0.39 is 0 Å². The van der Waals surface area contributed by atoms with Gasteiger partial charge in [0, 0.05) is 36.0 Å². The Morgan fingerprint density at radius 2 is 2.20 bits per heavy atom. The molecule has 1 fully saturated rings. The van der Waals surface area contributed by atoms with Gasteiger partial charge in [-0.15, -0.1) is 11.3 Å². The summed E-state index contributed by atoms with van der Waals surface area (Å²) >= 11 is 1.74. The zero-order valence-electron chi connectivity index (χ0n) is 12.4. The highest BCUT2D eigenvalue weighted by atomic mass is 32.1. The van der Waals surface area contributed by atoms with E-state index in [4.69, 9.17) is 5.73 Å². The van der Waals surface area contributed by atoms with Gasteiger partial charge in [-0.25, -0.2) is 0 Å². The minimum absolute atomic E-state index is 0.00587. The summed E-state index contributed by atoms with van der Waals surface area (Å²) in [5.41, 5.74) is 5.87. The molecule has 0 unspecified atom stereocenters. The van der Waals surface area contributed by atoms with Crippen molar-refractivity contribution in [2.24, 2.45) is 5.73 Å². The van der Waals surface area contributed by atoms with Crippen molar-refractivity contribution in [1.82, 2.24) is 10.2 Å². The highest BCUT2D eigenvalue weighted by Gasteiger charge is 2.23. The molecule has 4 nitrogen and oxygen atoms in total. The number of carbonyl (C=O) groups excluding carboxylic acids is 1. The van der Waals surface area contributed by atoms with Crippen molar-refractivity contribution < 1.29 is 4.79 Å². The van der Waals surface area contributed by atoms with E-state index in [1.54, 1.807) is 11.3 Å². The van der Waals surface area contributed by atoms with Crippen LogP contribution in [0, 0.1) is 0 Å². The van der Waals surface area contributed by atoms with Crippen LogP contribution in [0.2, 0.25) is 0 Å². The van der Waals surface area contributed by atoms with E-state index in [0.717, 1.165) is 25.9 Å². The summed E-state index contributed by atoms with van der Waals surface area (Å²) in [4.78, 5) is 15.5. The number of likely N-dealkylation sites (tertiary alicyclic amines) is 1. The maximum atomic E-state index is 12.0. The van der Waals surface area contributed by atoms with Crippen LogP contribution in [0.4, 0.5) is 0 Å². The molecule has 2 rings (SSSR count). The van der Waals surface area contributed by atoms with E-state index in [2.05, 4.69) is 41.6 Å². The van der Waals surface area contributed by atoms with Crippen LogP contribution in [0.5, 0.6) is 0 Å². The number of amides is 1. The van der Waals surface area contributed by atoms with Crippen LogP contribution >= 0.6 is 11.3 Å². The van der Waals surface area contributed by atoms with Crippen LogP contribution in [-0.2, 0) is 10.2 Å². The monoisotopic (exact) mass is 295 g/mol. The number of piperidine rings is 1. The Labute approximate surface area is 125 Å². The summed E-state index contributed by atoms with van der Waals surface area (Å²) in [6.45, 7) is 7.37. The predicted octanol–water partition coefficient (Wildman–Crippen LogP) is 1.56. The number of nitrogens with one attached hydrogen (secondary N) is 1. The zero-order valence-corrected chi connectivity index (χ0v) is 13.2. The van der Waals surface area contributed by atoms with Crippen LogP contribution in [0.3, 0.4) is 0 Å². The first-order valence-electron chi connectivity index (χ1n) is 7.26. The fourth-order valence-corrected chi connectivity index (χ4v) is 3.29. The number of hydrogen-bond acceptors (Lipinski definition) is 4. The topological polar surface area (TPSA) is 58.4 Å². The largest absolute Gasteiger partial charge is 0.354 e. The van der Waals surface area contributed by atoms with Crippen LogP contribution in [0.15, 0.2) is 17.5 Å². The first-order chi connectivity index (χ1) is 9.47. The van der Waals surface area contributed by atoms with Gasteiger partial charge >= 0.3 is 0 Å². The third-order valence-corrected chi connectivity index (χ3v) is 5.15. The quantitative estimate of drug-likeness (QED) is 0.867. The van der Waals surface area contributed by atoms with Crippen LogP contribution in [0.25, 0.3) is 0 Å². The average molecular weight is 295 g/mol. The molecule has 0 atom stereocenters. The van der Waals surface area contributed by atoms with Crippen molar-refractivity contribution >= 4 is 17.2 Å². The number of hydrogen-bond donors (Lipinski definition) is 2. The molecule has 1 aliphatic rings. The molecule has 0 aromatic carbocycles. The second kappa shape index (κ2) is 6.70. The van der Waals surface area contributed by atoms with E-state index in [0.29, 0.717) is 19.1 Å². The Morgan fingerprint density at radius 1 is 1.50 bits per heavy atom. The summed E-state index contributed by atoms with van der Waals surface area (Å²) in [5.74, 6) is 0.116. The molecule has 1 saturated heterocycles. The smallest absolute Gasteiger partial charge is 0.234 e. The lowest BCUT2D eigenvalue weighted by molar-refractivity contribution is -0.122. The van der Waals surface area contributed by atoms with Crippen molar-refractivity contribution in [3.63, 3.8) is 0 Å². The van der Waals surface area contributed by atoms with Crippen LogP contribution in [-0.4, -0.2) is 43.0 Å². The van der Waals surface area contributed by atoms with Crippen molar-refractivity contribution in [1.29, 1.82) is 0 Å². The Morgan fingerprint density at radius 3 is 2.80 bits per heavy atom. The molecule has 1 aromatic heterocycles. The molecule has 1 aliphatic heterocycles. The first kappa shape index (κ1) is 15.5. The Kier molecular flexibility index (Phi) is 5.18. The summed E-state index contributed by atoms with van der Waals surface area (Å²) in [6.07, 6.45) is 1.99. The lowest BCUT2D eigenvalue weighted by Gasteiger charge is -2.30. The number of nitrogens with two attached hydrogens (primary N) is 1. The molecular formula is C15H25N3OS. The maximum Gasteiger partial charge on any atom is 0.234 e. The van der Waals surface area contributed by atoms with Crippen molar-refractivity contribution in [2.45, 2.75) is 38.1 Å². The van der Waals surface area contributed by atoms with E-state index in [-0.39, 0.29) is 11.3 Å². The molecule has 0 bridgehead atoms. The highest BCUT2D eigenvalue weighted by molar-refractivity contribution is 7.10. The van der Waals surface area contributed by atoms with Gasteiger partial charge in [0.2, 0.25) is 5.91 Å². The van der Waals surface area contributed by atoms with Gasteiger partial charge in [-0.3, -0.25) is 9.69 Å². The Bertz CT molecular complexity index is 422. The van der Waals surface area contributed by atoms with Crippen LogP contribution in [0.1, 0.15) is 31.6 Å². The van der Waals surface area contributed by atoms with Crippen molar-refractivity contribution in [2.75, 3.05) is 26.2 Å². The molecule has 20 heavy (non-hydrogen) atoms. The number of thiophene rings is 1. The Hall–Kier alpha value is -0.910. The lowest BCUT2D eigenvalue weighted by atomic mass is 9.91. The van der Waals surface area contributed by atoms with Crippen LogP contribution < -0.4 is 11.1 Å². The Balaban J connectivity index is 1.75. The number of nitrogens with zero attached hydrogens (tertiary/aromatic N) is 1. The molecule has 0 radical (unpaired) electrons. The lowest BCUT2D eigenvalue weighted by Crippen LogP contribution is -2.46. The van der Waals surface area contributed by atoms with Gasteiger partial charge in [0.1, 0.15) is 0 Å². The van der Waals surface area contributed by atoms with Gasteiger partial charge < -0.3 is 11.1 Å². The van der Waals surface area contributed by atoms with E-state index in [1.807, 2.05) is 0 Å². The molecule has 1 aromatic rings. The third-order valence-electron chi connectivity index (χ3n) is 3.92. The normalized spacial score (nSPS) is 18.1. The minimum atomic E-state index is -0.00587. The molecular weight excluding hydrogens is 270 g/mol. The van der Waals surface area contributed by atoms with E-state index in [1.165, 1.54) is 4.88 Å². The molecule has 0 saturated carbocycles. The third kappa shape index (κ3) is 4.30. The van der Waals surface area contributed by atoms with Gasteiger partial charge in [-0.05, 0) is 24.3 Å². The molecule has 1 amide bonds. The predicted molar refractivity (Wildman–Crippen MR) is 84.0 cm³/mol. The fraction of sp³-hybridized carbons (Fsp3) is 0.667. The molecule has 112 valence electrons. The maximum absolute atomic E-state index is 12.0. The second-order valence-corrected chi connectivity index (χ2v) is 7.20. The van der Waals surface area contributed by atoms with E-state index >= 15 is 0 Å². The summed E-state index contributed by atoms with van der Waals surface area (Å²) in [7, 11) is 0. The SMILES string of the molecule is CC(C)(CNC(=O)CN1CCC(N)CC1)c1cccs1. The van der Waals surface area contributed by atoms with Gasteiger partial charge in [0.05, 0.1) is 6.54 Å². The van der Waals surface area contributed by atoms with E-state index in [9.17, 15) is 4.79 Å². The van der Waals surface area contributed by atoms with Gasteiger partial charge in [0.15, 0.2) is 0 Å². The van der Waals surface area contributed by atoms with Crippen molar-refractivity contribution in [3.8, 4) is 0 Å². The summed E-state index contributed by atoms with van der Waals surface area (Å²) in [5, 5.41) is 5.14. The van der Waals surface area contributed by atoms with Crippen molar-refractivity contribution in [3.05, 3.63) is 22.4 Å². The molecule has 0 aliphatic carbocycles. The summed E-state index contributed by atoms with van der Waals surface area (Å²) in [6, 6.07) is 4.50. The molecule has 2 heterocycles. The second-order valence-electron chi connectivity index (χ2n) is 6.25. The molecule has 5 heteroatoms. The van der Waals surface area contributed by atoms with Gasteiger partial charge in [-0.1, -0.05) is 19.9 Å². The first-order valence-corrected chi connectivity index (χ1v) is 8.14. The van der Waals surface area contributed by atoms with Gasteiger partial charge in [-0.2, -0.15) is 0 Å². The molecule has 3 N–H and O–H groups in total. The number of carbonyl (C=O) groups is 1. The minimum Gasteiger partial charge on any atom is -0.354 e. The zero-order chi connectivity index (χ0) is 14.6. The average Bonchev–Trinajstić information content (AvgIpc) is 2.94. The highest BCUT2D eigenvalue weighted by Crippen LogP contribution is 2.26. The number of rotatable bonds is 5. The van der Waals surface area contributed by atoms with Gasteiger partial charge in [0.25, 0.3) is 0 Å². The molecule has 0 spiro atoms. The summed E-state index contributed by atoms with van der Waals surface area (Å²) < 4.78 is 0. The fourth-order valence-electron chi connectivity index (χ4n) is 2.44.